The maximum Gasteiger partial charge on any atom is 0.270 e. The van der Waals surface area contributed by atoms with Crippen molar-refractivity contribution in [1.82, 2.24) is 0 Å². The molecule has 0 aliphatic heterocycles. The number of non-ortho nitro benzene ring substituents is 1. The van der Waals surface area contributed by atoms with Crippen molar-refractivity contribution < 1.29 is 14.1 Å². The molecule has 0 fully saturated rings. The Kier molecular flexibility index (Phi) is 4.36. The van der Waals surface area contributed by atoms with Crippen LogP contribution in [0.5, 0.6) is 0 Å². The number of benzene rings is 2. The number of nitrogens with zero attached hydrogens (tertiary/aromatic N) is 2. The third-order valence-corrected chi connectivity index (χ3v) is 3.00. The molecule has 2 aromatic carbocycles. The van der Waals surface area contributed by atoms with Crippen molar-refractivity contribution in [2.75, 3.05) is 24.3 Å². The summed E-state index contributed by atoms with van der Waals surface area (Å²) < 4.78 is 13.1. The molecule has 0 aliphatic carbocycles. The van der Waals surface area contributed by atoms with Crippen LogP contribution >= 0.6 is 0 Å². The van der Waals surface area contributed by atoms with E-state index in [-0.39, 0.29) is 16.9 Å². The summed E-state index contributed by atoms with van der Waals surface area (Å²) in [6, 6.07) is 9.45. The number of anilines is 2. The van der Waals surface area contributed by atoms with Gasteiger partial charge in [0.1, 0.15) is 5.82 Å². The molecule has 0 unspecified atom stereocenters. The summed E-state index contributed by atoms with van der Waals surface area (Å²) in [6.45, 7) is 0. The summed E-state index contributed by atoms with van der Waals surface area (Å²) in [4.78, 5) is 24.3. The third kappa shape index (κ3) is 3.38. The molecule has 22 heavy (non-hydrogen) atoms. The monoisotopic (exact) mass is 303 g/mol. The summed E-state index contributed by atoms with van der Waals surface area (Å²) in [6.07, 6.45) is 0. The van der Waals surface area contributed by atoms with Gasteiger partial charge in [-0.25, -0.2) is 4.39 Å². The van der Waals surface area contributed by atoms with Gasteiger partial charge in [-0.05, 0) is 24.3 Å². The van der Waals surface area contributed by atoms with Crippen molar-refractivity contribution in [1.29, 1.82) is 0 Å². The lowest BCUT2D eigenvalue weighted by molar-refractivity contribution is -0.384. The largest absolute Gasteiger partial charge is 0.377 e. The van der Waals surface area contributed by atoms with Gasteiger partial charge in [-0.1, -0.05) is 6.07 Å². The lowest BCUT2D eigenvalue weighted by atomic mass is 10.1. The van der Waals surface area contributed by atoms with Crippen LogP contribution < -0.4 is 10.2 Å². The molecule has 0 aliphatic rings. The molecule has 0 bridgehead atoms. The topological polar surface area (TPSA) is 75.5 Å². The number of rotatable bonds is 4. The Labute approximate surface area is 126 Å². The van der Waals surface area contributed by atoms with E-state index in [1.165, 1.54) is 42.5 Å². The molecule has 114 valence electrons. The number of amides is 1. The van der Waals surface area contributed by atoms with Crippen molar-refractivity contribution in [3.05, 3.63) is 64.0 Å². The van der Waals surface area contributed by atoms with E-state index in [9.17, 15) is 19.3 Å². The quantitative estimate of drug-likeness (QED) is 0.695. The van der Waals surface area contributed by atoms with E-state index >= 15 is 0 Å². The fourth-order valence-corrected chi connectivity index (χ4v) is 1.97. The number of hydrogen-bond acceptors (Lipinski definition) is 4. The molecule has 1 amide bonds. The highest BCUT2D eigenvalue weighted by Crippen LogP contribution is 2.25. The normalized spacial score (nSPS) is 10.1. The maximum absolute atomic E-state index is 13.1. The summed E-state index contributed by atoms with van der Waals surface area (Å²) in [5.41, 5.74) is 0.763. The Morgan fingerprint density at radius 2 is 1.95 bits per heavy atom. The predicted octanol–water partition coefficient (Wildman–Crippen LogP) is 3.05. The van der Waals surface area contributed by atoms with E-state index in [0.29, 0.717) is 5.69 Å². The second kappa shape index (κ2) is 6.21. The van der Waals surface area contributed by atoms with Gasteiger partial charge in [0.05, 0.1) is 10.5 Å². The fourth-order valence-electron chi connectivity index (χ4n) is 1.97. The van der Waals surface area contributed by atoms with E-state index in [1.54, 1.807) is 19.0 Å². The van der Waals surface area contributed by atoms with Crippen molar-refractivity contribution in [3.8, 4) is 0 Å². The Balaban J connectivity index is 2.38. The molecule has 0 atom stereocenters. The van der Waals surface area contributed by atoms with E-state index in [1.807, 2.05) is 0 Å². The van der Waals surface area contributed by atoms with Crippen molar-refractivity contribution in [2.24, 2.45) is 0 Å². The van der Waals surface area contributed by atoms with Gasteiger partial charge in [0.2, 0.25) is 0 Å². The summed E-state index contributed by atoms with van der Waals surface area (Å²) in [5, 5.41) is 13.4. The molecule has 1 N–H and O–H groups in total. The van der Waals surface area contributed by atoms with Crippen molar-refractivity contribution >= 4 is 23.0 Å². The smallest absolute Gasteiger partial charge is 0.270 e. The van der Waals surface area contributed by atoms with Gasteiger partial charge in [0.25, 0.3) is 11.6 Å². The van der Waals surface area contributed by atoms with Gasteiger partial charge < -0.3 is 10.2 Å². The fraction of sp³-hybridized carbons (Fsp3) is 0.133. The van der Waals surface area contributed by atoms with E-state index in [2.05, 4.69) is 5.32 Å². The number of carbonyl (C=O) groups is 1. The minimum absolute atomic E-state index is 0.142. The number of hydrogen-bond donors (Lipinski definition) is 1. The molecule has 0 aromatic heterocycles. The highest BCUT2D eigenvalue weighted by atomic mass is 19.1. The average molecular weight is 303 g/mol. The summed E-state index contributed by atoms with van der Waals surface area (Å²) >= 11 is 0. The Morgan fingerprint density at radius 1 is 1.23 bits per heavy atom. The van der Waals surface area contributed by atoms with Crippen LogP contribution in [0.15, 0.2) is 42.5 Å². The van der Waals surface area contributed by atoms with Gasteiger partial charge >= 0.3 is 0 Å². The molecule has 0 saturated heterocycles. The Hall–Kier alpha value is -2.96. The lowest BCUT2D eigenvalue weighted by Crippen LogP contribution is -2.18. The zero-order valence-corrected chi connectivity index (χ0v) is 12.0. The Morgan fingerprint density at radius 3 is 2.55 bits per heavy atom. The number of nitro benzene ring substituents is 1. The average Bonchev–Trinajstić information content (AvgIpc) is 2.46. The molecule has 0 radical (unpaired) electrons. The zero-order valence-electron chi connectivity index (χ0n) is 12.0. The van der Waals surface area contributed by atoms with Gasteiger partial charge in [-0.15, -0.1) is 0 Å². The number of carbonyl (C=O) groups excluding carboxylic acids is 1. The second-order valence-electron chi connectivity index (χ2n) is 4.82. The molecule has 2 rings (SSSR count). The van der Waals surface area contributed by atoms with E-state index in [4.69, 9.17) is 0 Å². The highest BCUT2D eigenvalue weighted by Gasteiger charge is 2.18. The van der Waals surface area contributed by atoms with Crippen LogP contribution in [0.4, 0.5) is 21.5 Å². The molecule has 0 spiro atoms. The second-order valence-corrected chi connectivity index (χ2v) is 4.82. The van der Waals surface area contributed by atoms with Crippen LogP contribution in [0.2, 0.25) is 0 Å². The van der Waals surface area contributed by atoms with Crippen LogP contribution in [-0.4, -0.2) is 24.9 Å². The minimum Gasteiger partial charge on any atom is -0.377 e. The highest BCUT2D eigenvalue weighted by molar-refractivity contribution is 6.08. The number of nitro groups is 1. The van der Waals surface area contributed by atoms with Gasteiger partial charge in [0.15, 0.2) is 0 Å². The van der Waals surface area contributed by atoms with Gasteiger partial charge in [-0.3, -0.25) is 14.9 Å². The molecule has 6 nitrogen and oxygen atoms in total. The summed E-state index contributed by atoms with van der Waals surface area (Å²) in [5.74, 6) is -1.03. The van der Waals surface area contributed by atoms with Crippen LogP contribution in [0, 0.1) is 15.9 Å². The first-order chi connectivity index (χ1) is 10.4. The minimum atomic E-state index is -0.571. The van der Waals surface area contributed by atoms with Crippen LogP contribution in [0.1, 0.15) is 10.4 Å². The van der Waals surface area contributed by atoms with Crippen molar-refractivity contribution in [3.63, 3.8) is 0 Å². The van der Waals surface area contributed by atoms with Crippen LogP contribution in [0.25, 0.3) is 0 Å². The molecule has 0 saturated carbocycles. The zero-order chi connectivity index (χ0) is 16.3. The number of nitrogens with one attached hydrogen (secondary N) is 1. The molecular weight excluding hydrogens is 289 g/mol. The van der Waals surface area contributed by atoms with Gasteiger partial charge in [0, 0.05) is 37.6 Å². The predicted molar refractivity (Wildman–Crippen MR) is 81.8 cm³/mol. The molecule has 7 heteroatoms. The lowest BCUT2D eigenvalue weighted by Gasteiger charge is -2.17. The first-order valence-electron chi connectivity index (χ1n) is 6.41. The Bertz CT molecular complexity index is 732. The first-order valence-corrected chi connectivity index (χ1v) is 6.41. The SMILES string of the molecule is CN(C)c1ccc([N+](=O)[O-])cc1C(=O)Nc1cccc(F)c1. The van der Waals surface area contributed by atoms with Crippen LogP contribution in [0.3, 0.4) is 0 Å². The van der Waals surface area contributed by atoms with Gasteiger partial charge in [-0.2, -0.15) is 0 Å². The third-order valence-electron chi connectivity index (χ3n) is 3.00. The standard InChI is InChI=1S/C15H14FN3O3/c1-18(2)14-7-6-12(19(21)22)9-13(14)15(20)17-11-5-3-4-10(16)8-11/h3-9H,1-2H3,(H,17,20). The van der Waals surface area contributed by atoms with Crippen LogP contribution in [-0.2, 0) is 0 Å². The molecular formula is C15H14FN3O3. The summed E-state index contributed by atoms with van der Waals surface area (Å²) in [7, 11) is 3.44. The number of halogens is 1. The molecule has 2 aromatic rings. The maximum atomic E-state index is 13.1. The van der Waals surface area contributed by atoms with E-state index in [0.717, 1.165) is 0 Å². The first kappa shape index (κ1) is 15.4. The van der Waals surface area contributed by atoms with E-state index < -0.39 is 16.6 Å². The van der Waals surface area contributed by atoms with Crippen molar-refractivity contribution in [2.45, 2.75) is 0 Å². The molecule has 0 heterocycles.